The van der Waals surface area contributed by atoms with Crippen LogP contribution < -0.4 is 10.9 Å². The van der Waals surface area contributed by atoms with Crippen molar-refractivity contribution in [2.45, 2.75) is 6.42 Å². The van der Waals surface area contributed by atoms with Gasteiger partial charge in [0.2, 0.25) is 5.91 Å². The number of benzene rings is 1. The summed E-state index contributed by atoms with van der Waals surface area (Å²) >= 11 is 5.39. The van der Waals surface area contributed by atoms with E-state index in [9.17, 15) is 4.79 Å². The second-order valence-electron chi connectivity index (χ2n) is 2.48. The molecular weight excluding hydrogens is 188 g/mol. The van der Waals surface area contributed by atoms with Crippen LogP contribution in [0, 0.1) is 0 Å². The summed E-state index contributed by atoms with van der Waals surface area (Å²) in [7, 11) is 0. The maximum Gasteiger partial charge on any atom is 0.239 e. The molecule has 0 aliphatic rings. The number of hydrazine groups is 1. The largest absolute Gasteiger partial charge is 0.299 e. The van der Waals surface area contributed by atoms with Gasteiger partial charge in [-0.1, -0.05) is 18.2 Å². The molecule has 1 amide bonds. The summed E-state index contributed by atoms with van der Waals surface area (Å²) in [5.74, 6) is 0.223. The van der Waals surface area contributed by atoms with E-state index in [4.69, 9.17) is 11.6 Å². The molecule has 0 unspecified atom stereocenters. The SMILES string of the molecule is O=C(CCCl)NNc1ccccc1. The highest BCUT2D eigenvalue weighted by Gasteiger charge is 1.97. The Bertz CT molecular complexity index is 264. The molecule has 0 aliphatic carbocycles. The van der Waals surface area contributed by atoms with Gasteiger partial charge in [0.1, 0.15) is 0 Å². The first-order valence-electron chi connectivity index (χ1n) is 3.99. The van der Waals surface area contributed by atoms with E-state index in [1.165, 1.54) is 0 Å². The lowest BCUT2D eigenvalue weighted by atomic mass is 10.3. The zero-order chi connectivity index (χ0) is 9.52. The summed E-state index contributed by atoms with van der Waals surface area (Å²) in [6.07, 6.45) is 0.321. The highest BCUT2D eigenvalue weighted by molar-refractivity contribution is 6.18. The summed E-state index contributed by atoms with van der Waals surface area (Å²) in [5, 5.41) is 0. The fraction of sp³-hybridized carbons (Fsp3) is 0.222. The Morgan fingerprint density at radius 3 is 2.62 bits per heavy atom. The van der Waals surface area contributed by atoms with Crippen LogP contribution in [0.2, 0.25) is 0 Å². The molecule has 13 heavy (non-hydrogen) atoms. The molecule has 2 N–H and O–H groups in total. The van der Waals surface area contributed by atoms with Crippen molar-refractivity contribution < 1.29 is 4.79 Å². The van der Waals surface area contributed by atoms with Gasteiger partial charge < -0.3 is 0 Å². The maximum absolute atomic E-state index is 11.0. The minimum Gasteiger partial charge on any atom is -0.299 e. The van der Waals surface area contributed by atoms with Crippen molar-refractivity contribution in [2.24, 2.45) is 0 Å². The molecule has 1 aromatic carbocycles. The molecule has 0 fully saturated rings. The van der Waals surface area contributed by atoms with E-state index in [1.54, 1.807) is 0 Å². The number of para-hydroxylation sites is 1. The van der Waals surface area contributed by atoms with E-state index in [0.717, 1.165) is 5.69 Å². The van der Waals surface area contributed by atoms with Crippen molar-refractivity contribution in [3.05, 3.63) is 30.3 Å². The molecule has 0 heterocycles. The molecular formula is C9H11ClN2O. The van der Waals surface area contributed by atoms with Crippen LogP contribution in [0.1, 0.15) is 6.42 Å². The first-order valence-corrected chi connectivity index (χ1v) is 4.52. The molecule has 0 spiro atoms. The fourth-order valence-corrected chi connectivity index (χ4v) is 0.983. The summed E-state index contributed by atoms with van der Waals surface area (Å²) < 4.78 is 0. The minimum atomic E-state index is -0.112. The van der Waals surface area contributed by atoms with E-state index in [1.807, 2.05) is 30.3 Å². The van der Waals surface area contributed by atoms with Gasteiger partial charge in [-0.3, -0.25) is 15.6 Å². The molecule has 0 atom stereocenters. The smallest absolute Gasteiger partial charge is 0.239 e. The Labute approximate surface area is 82.1 Å². The van der Waals surface area contributed by atoms with Gasteiger partial charge in [0.15, 0.2) is 0 Å². The fourth-order valence-electron chi connectivity index (χ4n) is 0.812. The van der Waals surface area contributed by atoms with E-state index in [-0.39, 0.29) is 5.91 Å². The second kappa shape index (κ2) is 5.43. The highest BCUT2D eigenvalue weighted by Crippen LogP contribution is 2.02. The van der Waals surface area contributed by atoms with Crippen molar-refractivity contribution in [1.82, 2.24) is 5.43 Å². The topological polar surface area (TPSA) is 41.1 Å². The molecule has 0 aliphatic heterocycles. The first kappa shape index (κ1) is 9.86. The van der Waals surface area contributed by atoms with Crippen LogP contribution in [0.5, 0.6) is 0 Å². The third-order valence-electron chi connectivity index (χ3n) is 1.44. The Morgan fingerprint density at radius 1 is 1.31 bits per heavy atom. The average Bonchev–Trinajstić information content (AvgIpc) is 2.17. The zero-order valence-corrected chi connectivity index (χ0v) is 7.84. The number of carbonyl (C=O) groups excluding carboxylic acids is 1. The lowest BCUT2D eigenvalue weighted by Crippen LogP contribution is -2.29. The van der Waals surface area contributed by atoms with Crippen LogP contribution in [-0.4, -0.2) is 11.8 Å². The van der Waals surface area contributed by atoms with Gasteiger partial charge in [0.05, 0.1) is 5.69 Å². The van der Waals surface area contributed by atoms with Crippen LogP contribution in [-0.2, 0) is 4.79 Å². The number of hydrogen-bond acceptors (Lipinski definition) is 2. The van der Waals surface area contributed by atoms with Crippen LogP contribution in [0.3, 0.4) is 0 Å². The summed E-state index contributed by atoms with van der Waals surface area (Å²) in [6.45, 7) is 0. The molecule has 3 nitrogen and oxygen atoms in total. The number of rotatable bonds is 4. The van der Waals surface area contributed by atoms with E-state index in [2.05, 4.69) is 10.9 Å². The predicted octanol–water partition coefficient (Wildman–Crippen LogP) is 1.76. The Kier molecular flexibility index (Phi) is 4.12. The van der Waals surface area contributed by atoms with Gasteiger partial charge in [-0.15, -0.1) is 11.6 Å². The van der Waals surface area contributed by atoms with Crippen LogP contribution in [0.4, 0.5) is 5.69 Å². The Hall–Kier alpha value is -1.22. The molecule has 4 heteroatoms. The standard InChI is InChI=1S/C9H11ClN2O/c10-7-6-9(13)12-11-8-4-2-1-3-5-8/h1-5,11H,6-7H2,(H,12,13). The van der Waals surface area contributed by atoms with Crippen molar-refractivity contribution in [3.63, 3.8) is 0 Å². The van der Waals surface area contributed by atoms with Crippen LogP contribution in [0.15, 0.2) is 30.3 Å². The first-order chi connectivity index (χ1) is 6.33. The molecule has 0 saturated heterocycles. The van der Waals surface area contributed by atoms with Gasteiger partial charge in [-0.2, -0.15) is 0 Å². The number of halogens is 1. The number of hydrogen-bond donors (Lipinski definition) is 2. The van der Waals surface area contributed by atoms with E-state index >= 15 is 0 Å². The van der Waals surface area contributed by atoms with Gasteiger partial charge >= 0.3 is 0 Å². The van der Waals surface area contributed by atoms with E-state index < -0.39 is 0 Å². The average molecular weight is 199 g/mol. The summed E-state index contributed by atoms with van der Waals surface area (Å²) in [6, 6.07) is 9.40. The lowest BCUT2D eigenvalue weighted by Gasteiger charge is -2.06. The molecule has 1 aromatic rings. The third-order valence-corrected chi connectivity index (χ3v) is 1.63. The van der Waals surface area contributed by atoms with Gasteiger partial charge in [0, 0.05) is 12.3 Å². The van der Waals surface area contributed by atoms with Gasteiger partial charge in [0.25, 0.3) is 0 Å². The zero-order valence-electron chi connectivity index (χ0n) is 7.09. The number of amides is 1. The highest BCUT2D eigenvalue weighted by atomic mass is 35.5. The van der Waals surface area contributed by atoms with Crippen molar-refractivity contribution in [3.8, 4) is 0 Å². The number of anilines is 1. The summed E-state index contributed by atoms with van der Waals surface area (Å²) in [4.78, 5) is 11.0. The molecule has 0 radical (unpaired) electrons. The van der Waals surface area contributed by atoms with Gasteiger partial charge in [-0.05, 0) is 12.1 Å². The normalized spacial score (nSPS) is 9.31. The van der Waals surface area contributed by atoms with Crippen molar-refractivity contribution in [2.75, 3.05) is 11.3 Å². The quantitative estimate of drug-likeness (QED) is 0.572. The Balaban J connectivity index is 2.31. The van der Waals surface area contributed by atoms with Crippen LogP contribution in [0.25, 0.3) is 0 Å². The predicted molar refractivity (Wildman–Crippen MR) is 53.5 cm³/mol. The minimum absolute atomic E-state index is 0.112. The molecule has 1 rings (SSSR count). The maximum atomic E-state index is 11.0. The molecule has 0 saturated carbocycles. The second-order valence-corrected chi connectivity index (χ2v) is 2.86. The number of nitrogens with one attached hydrogen (secondary N) is 2. The monoisotopic (exact) mass is 198 g/mol. The lowest BCUT2D eigenvalue weighted by molar-refractivity contribution is -0.120. The number of carbonyl (C=O) groups is 1. The van der Waals surface area contributed by atoms with Crippen LogP contribution >= 0.6 is 11.6 Å². The molecule has 0 aromatic heterocycles. The summed E-state index contributed by atoms with van der Waals surface area (Å²) in [5.41, 5.74) is 6.15. The van der Waals surface area contributed by atoms with E-state index in [0.29, 0.717) is 12.3 Å². The van der Waals surface area contributed by atoms with Gasteiger partial charge in [-0.25, -0.2) is 0 Å². The van der Waals surface area contributed by atoms with Crippen molar-refractivity contribution in [1.29, 1.82) is 0 Å². The molecule has 0 bridgehead atoms. The third kappa shape index (κ3) is 3.80. The Morgan fingerprint density at radius 2 is 2.00 bits per heavy atom. The molecule has 70 valence electrons. The van der Waals surface area contributed by atoms with Crippen molar-refractivity contribution >= 4 is 23.2 Å². The number of alkyl halides is 1.